The highest BCUT2D eigenvalue weighted by molar-refractivity contribution is 5.97. The summed E-state index contributed by atoms with van der Waals surface area (Å²) in [5.41, 5.74) is -0.441. The molecule has 1 atom stereocenters. The molecule has 2 saturated heterocycles. The maximum Gasteiger partial charge on any atom is 0.292 e. The molecule has 9 heteroatoms. The van der Waals surface area contributed by atoms with Crippen LogP contribution in [0.1, 0.15) is 47.6 Å². The maximum atomic E-state index is 13.4. The summed E-state index contributed by atoms with van der Waals surface area (Å²) in [4.78, 5) is 42.5. The van der Waals surface area contributed by atoms with E-state index in [0.29, 0.717) is 37.2 Å². The van der Waals surface area contributed by atoms with Crippen molar-refractivity contribution >= 4 is 17.7 Å². The third kappa shape index (κ3) is 4.45. The largest absolute Gasteiger partial charge is 0.497 e. The first-order valence-electron chi connectivity index (χ1n) is 11.1. The minimum atomic E-state index is -0.978. The predicted octanol–water partition coefficient (Wildman–Crippen LogP) is 2.29. The monoisotopic (exact) mass is 455 g/mol. The van der Waals surface area contributed by atoms with E-state index in [1.807, 2.05) is 13.8 Å². The number of carbonyl (C=O) groups is 3. The van der Waals surface area contributed by atoms with Gasteiger partial charge in [-0.3, -0.25) is 19.3 Å². The fourth-order valence-electron chi connectivity index (χ4n) is 4.46. The molecule has 0 radical (unpaired) electrons. The number of hydrogen-bond acceptors (Lipinski definition) is 6. The van der Waals surface area contributed by atoms with Gasteiger partial charge in [-0.05, 0) is 44.2 Å². The van der Waals surface area contributed by atoms with Gasteiger partial charge in [0.15, 0.2) is 5.76 Å². The van der Waals surface area contributed by atoms with E-state index >= 15 is 0 Å². The third-order valence-corrected chi connectivity index (χ3v) is 6.09. The van der Waals surface area contributed by atoms with E-state index in [4.69, 9.17) is 13.9 Å². The second-order valence-electron chi connectivity index (χ2n) is 8.61. The second-order valence-corrected chi connectivity index (χ2v) is 8.61. The van der Waals surface area contributed by atoms with E-state index in [1.165, 1.54) is 11.2 Å². The van der Waals surface area contributed by atoms with Crippen LogP contribution in [0.4, 0.5) is 0 Å². The molecule has 1 aromatic heterocycles. The number of ether oxygens (including phenoxy) is 2. The highest BCUT2D eigenvalue weighted by Gasteiger charge is 2.54. The second kappa shape index (κ2) is 9.27. The standard InChI is InChI=1S/C24H29N3O6/c1-16(2)25-21(28)19-15-33-24(27(19)23(30)20-8-5-13-32-20)9-11-26(12-10-24)22(29)17-6-4-7-18(14-17)31-3/h4-8,13-14,16,19H,9-12,15H2,1-3H3,(H,25,28). The molecule has 2 aliphatic heterocycles. The van der Waals surface area contributed by atoms with Crippen molar-refractivity contribution in [1.29, 1.82) is 0 Å². The van der Waals surface area contributed by atoms with Crippen LogP contribution in [0, 0.1) is 0 Å². The molecule has 0 saturated carbocycles. The molecule has 2 fully saturated rings. The van der Waals surface area contributed by atoms with E-state index in [0.717, 1.165) is 0 Å². The number of rotatable bonds is 5. The highest BCUT2D eigenvalue weighted by Crippen LogP contribution is 2.39. The van der Waals surface area contributed by atoms with Crippen molar-refractivity contribution in [3.63, 3.8) is 0 Å². The summed E-state index contributed by atoms with van der Waals surface area (Å²) in [6.45, 7) is 4.59. The molecule has 33 heavy (non-hydrogen) atoms. The molecule has 176 valence electrons. The Labute approximate surface area is 192 Å². The topological polar surface area (TPSA) is 101 Å². The molecule has 4 rings (SSSR count). The number of likely N-dealkylation sites (tertiary alicyclic amines) is 1. The number of methoxy groups -OCH3 is 1. The summed E-state index contributed by atoms with van der Waals surface area (Å²) in [6.07, 6.45) is 2.21. The van der Waals surface area contributed by atoms with Crippen molar-refractivity contribution in [3.8, 4) is 5.75 Å². The molecule has 1 unspecified atom stereocenters. The number of nitrogens with one attached hydrogen (secondary N) is 1. The zero-order valence-corrected chi connectivity index (χ0v) is 19.1. The molecule has 2 aliphatic rings. The van der Waals surface area contributed by atoms with Crippen LogP contribution in [-0.4, -0.2) is 72.1 Å². The van der Waals surface area contributed by atoms with Gasteiger partial charge in [0.05, 0.1) is 20.0 Å². The van der Waals surface area contributed by atoms with Crippen molar-refractivity contribution in [2.75, 3.05) is 26.8 Å². The van der Waals surface area contributed by atoms with Crippen LogP contribution in [-0.2, 0) is 9.53 Å². The zero-order chi connectivity index (χ0) is 23.6. The third-order valence-electron chi connectivity index (χ3n) is 6.09. The minimum absolute atomic E-state index is 0.0723. The molecule has 1 aromatic carbocycles. The number of nitrogens with zero attached hydrogens (tertiary/aromatic N) is 2. The first-order chi connectivity index (χ1) is 15.8. The summed E-state index contributed by atoms with van der Waals surface area (Å²) < 4.78 is 16.7. The Bertz CT molecular complexity index is 1010. The molecule has 3 amide bonds. The number of furan rings is 1. The van der Waals surface area contributed by atoms with Gasteiger partial charge in [-0.25, -0.2) is 0 Å². The van der Waals surface area contributed by atoms with Crippen molar-refractivity contribution in [2.45, 2.75) is 44.5 Å². The highest BCUT2D eigenvalue weighted by atomic mass is 16.5. The van der Waals surface area contributed by atoms with Gasteiger partial charge in [0.1, 0.15) is 17.5 Å². The summed E-state index contributed by atoms with van der Waals surface area (Å²) in [5, 5.41) is 2.88. The molecule has 1 spiro atoms. The van der Waals surface area contributed by atoms with Crippen LogP contribution in [0.3, 0.4) is 0 Å². The molecule has 3 heterocycles. The van der Waals surface area contributed by atoms with Crippen LogP contribution in [0.25, 0.3) is 0 Å². The lowest BCUT2D eigenvalue weighted by molar-refractivity contribution is -0.128. The molecule has 1 N–H and O–H groups in total. The normalized spacial score (nSPS) is 19.7. The summed E-state index contributed by atoms with van der Waals surface area (Å²) >= 11 is 0. The van der Waals surface area contributed by atoms with Gasteiger partial charge in [0.25, 0.3) is 11.8 Å². The van der Waals surface area contributed by atoms with Gasteiger partial charge < -0.3 is 24.1 Å². The SMILES string of the molecule is COc1cccc(C(=O)N2CCC3(CC2)OCC(C(=O)NC(C)C)N3C(=O)c2ccco2)c1. The van der Waals surface area contributed by atoms with E-state index in [9.17, 15) is 14.4 Å². The number of amides is 3. The average molecular weight is 456 g/mol. The van der Waals surface area contributed by atoms with Gasteiger partial charge >= 0.3 is 0 Å². The lowest BCUT2D eigenvalue weighted by atomic mass is 9.96. The Morgan fingerprint density at radius 3 is 2.52 bits per heavy atom. The quantitative estimate of drug-likeness (QED) is 0.742. The fourth-order valence-corrected chi connectivity index (χ4v) is 4.46. The van der Waals surface area contributed by atoms with Crippen LogP contribution < -0.4 is 10.1 Å². The molecule has 0 bridgehead atoms. The molecule has 0 aliphatic carbocycles. The van der Waals surface area contributed by atoms with Gasteiger partial charge in [-0.2, -0.15) is 0 Å². The lowest BCUT2D eigenvalue weighted by Crippen LogP contribution is -2.60. The Morgan fingerprint density at radius 1 is 1.12 bits per heavy atom. The zero-order valence-electron chi connectivity index (χ0n) is 19.1. The van der Waals surface area contributed by atoms with Crippen molar-refractivity contribution < 1.29 is 28.3 Å². The summed E-state index contributed by atoms with van der Waals surface area (Å²) in [7, 11) is 1.56. The fraction of sp³-hybridized carbons (Fsp3) is 0.458. The first-order valence-corrected chi connectivity index (χ1v) is 11.1. The molecular formula is C24H29N3O6. The number of hydrogen-bond donors (Lipinski definition) is 1. The van der Waals surface area contributed by atoms with E-state index in [-0.39, 0.29) is 30.2 Å². The molecule has 9 nitrogen and oxygen atoms in total. The van der Waals surface area contributed by atoms with Gasteiger partial charge in [-0.15, -0.1) is 0 Å². The van der Waals surface area contributed by atoms with E-state index < -0.39 is 17.7 Å². The minimum Gasteiger partial charge on any atom is -0.497 e. The van der Waals surface area contributed by atoms with Crippen LogP contribution in [0.5, 0.6) is 5.75 Å². The average Bonchev–Trinajstić information content (AvgIpc) is 3.47. The number of piperidine rings is 1. The van der Waals surface area contributed by atoms with Gasteiger partial charge in [0.2, 0.25) is 5.91 Å². The van der Waals surface area contributed by atoms with Crippen molar-refractivity contribution in [1.82, 2.24) is 15.1 Å². The Balaban J connectivity index is 1.54. The van der Waals surface area contributed by atoms with Gasteiger partial charge in [0, 0.05) is 37.5 Å². The van der Waals surface area contributed by atoms with Crippen molar-refractivity contribution in [3.05, 3.63) is 54.0 Å². The number of benzene rings is 1. The van der Waals surface area contributed by atoms with Crippen molar-refractivity contribution in [2.24, 2.45) is 0 Å². The van der Waals surface area contributed by atoms with Crippen LogP contribution >= 0.6 is 0 Å². The Hall–Kier alpha value is -3.33. The van der Waals surface area contributed by atoms with E-state index in [2.05, 4.69) is 5.32 Å². The van der Waals surface area contributed by atoms with E-state index in [1.54, 1.807) is 48.4 Å². The summed E-state index contributed by atoms with van der Waals surface area (Å²) in [6, 6.07) is 9.39. The van der Waals surface area contributed by atoms with Crippen LogP contribution in [0.15, 0.2) is 47.1 Å². The molecular weight excluding hydrogens is 426 g/mol. The Morgan fingerprint density at radius 2 is 1.88 bits per heavy atom. The predicted molar refractivity (Wildman–Crippen MR) is 119 cm³/mol. The maximum absolute atomic E-state index is 13.4. The van der Waals surface area contributed by atoms with Gasteiger partial charge in [-0.1, -0.05) is 6.07 Å². The smallest absolute Gasteiger partial charge is 0.292 e. The lowest BCUT2D eigenvalue weighted by Gasteiger charge is -2.44. The number of carbonyl (C=O) groups excluding carboxylic acids is 3. The van der Waals surface area contributed by atoms with Crippen LogP contribution in [0.2, 0.25) is 0 Å². The molecule has 2 aromatic rings. The summed E-state index contributed by atoms with van der Waals surface area (Å²) in [5.74, 6) is -0.00908. The first kappa shape index (κ1) is 22.8. The Kier molecular flexibility index (Phi) is 6.42.